The highest BCUT2D eigenvalue weighted by Crippen LogP contribution is 2.38. The number of aliphatic carboxylic acids is 1. The molecular weight excluding hydrogens is 411 g/mol. The number of halogens is 2. The molecule has 0 saturated carbocycles. The van der Waals surface area contributed by atoms with Gasteiger partial charge in [-0.15, -0.1) is 0 Å². The van der Waals surface area contributed by atoms with Gasteiger partial charge in [-0.05, 0) is 48.0 Å². The first-order valence-corrected chi connectivity index (χ1v) is 10.3. The van der Waals surface area contributed by atoms with E-state index in [9.17, 15) is 8.42 Å². The summed E-state index contributed by atoms with van der Waals surface area (Å²) < 4.78 is 22.8. The predicted octanol–water partition coefficient (Wildman–Crippen LogP) is 3.31. The Hall–Kier alpha value is -1.64. The van der Waals surface area contributed by atoms with E-state index in [2.05, 4.69) is 4.90 Å². The lowest BCUT2D eigenvalue weighted by Crippen LogP contribution is -2.31. The molecule has 146 valence electrons. The zero-order valence-electron chi connectivity index (χ0n) is 14.8. The molecular formula is C18H20Cl2N2O4S. The minimum atomic E-state index is -3.69. The molecule has 0 fully saturated rings. The van der Waals surface area contributed by atoms with E-state index in [1.54, 1.807) is 18.2 Å². The van der Waals surface area contributed by atoms with Crippen LogP contribution in [0.3, 0.4) is 0 Å². The number of carboxylic acids is 1. The van der Waals surface area contributed by atoms with E-state index in [1.165, 1.54) is 12.1 Å². The van der Waals surface area contributed by atoms with Gasteiger partial charge < -0.3 is 10.0 Å². The van der Waals surface area contributed by atoms with E-state index < -0.39 is 16.0 Å². The Morgan fingerprint density at radius 1 is 1.22 bits per heavy atom. The molecule has 0 bridgehead atoms. The zero-order valence-corrected chi connectivity index (χ0v) is 17.1. The van der Waals surface area contributed by atoms with Crippen molar-refractivity contribution in [3.05, 3.63) is 63.1 Å². The number of hydrogen-bond donors (Lipinski definition) is 2. The number of nitrogens with zero attached hydrogens (tertiary/aromatic N) is 1. The van der Waals surface area contributed by atoms with Crippen LogP contribution in [0.15, 0.2) is 41.3 Å². The molecule has 1 unspecified atom stereocenters. The summed E-state index contributed by atoms with van der Waals surface area (Å²) in [4.78, 5) is 11.3. The SMILES string of the molecule is CC(=O)O.CN1Cc2c(Cl)cc(Cl)cc2C(c2ccc(S(N)(=O)=O)cc2)C1. The second-order valence-corrected chi connectivity index (χ2v) is 8.74. The molecule has 0 saturated heterocycles. The fourth-order valence-electron chi connectivity index (χ4n) is 3.02. The Morgan fingerprint density at radius 2 is 1.78 bits per heavy atom. The smallest absolute Gasteiger partial charge is 0.300 e. The minimum absolute atomic E-state index is 0.0782. The average Bonchev–Trinajstić information content (AvgIpc) is 2.54. The molecule has 3 N–H and O–H groups in total. The van der Waals surface area contributed by atoms with E-state index in [4.69, 9.17) is 38.2 Å². The van der Waals surface area contributed by atoms with Crippen LogP contribution in [-0.2, 0) is 21.4 Å². The fourth-order valence-corrected chi connectivity index (χ4v) is 4.10. The molecule has 1 aliphatic heterocycles. The maximum atomic E-state index is 11.4. The number of carbonyl (C=O) groups is 1. The van der Waals surface area contributed by atoms with Crippen LogP contribution in [0, 0.1) is 0 Å². The maximum Gasteiger partial charge on any atom is 0.300 e. The Labute approximate surface area is 168 Å². The number of carboxylic acid groups (broad SMARTS) is 1. The van der Waals surface area contributed by atoms with Crippen LogP contribution in [0.5, 0.6) is 0 Å². The van der Waals surface area contributed by atoms with E-state index >= 15 is 0 Å². The number of primary sulfonamides is 1. The molecule has 3 rings (SSSR count). The topological polar surface area (TPSA) is 101 Å². The number of sulfonamides is 1. The number of benzene rings is 2. The van der Waals surface area contributed by atoms with Gasteiger partial charge in [-0.25, -0.2) is 13.6 Å². The van der Waals surface area contributed by atoms with Crippen LogP contribution in [0.1, 0.15) is 29.5 Å². The lowest BCUT2D eigenvalue weighted by atomic mass is 9.85. The lowest BCUT2D eigenvalue weighted by Gasteiger charge is -2.33. The van der Waals surface area contributed by atoms with E-state index in [1.807, 2.05) is 13.1 Å². The van der Waals surface area contributed by atoms with Crippen molar-refractivity contribution in [3.63, 3.8) is 0 Å². The Kier molecular flexibility index (Phi) is 6.88. The third kappa shape index (κ3) is 5.67. The fraction of sp³-hybridized carbons (Fsp3) is 0.278. The van der Waals surface area contributed by atoms with Gasteiger partial charge in [0.05, 0.1) is 4.90 Å². The summed E-state index contributed by atoms with van der Waals surface area (Å²) in [5, 5.41) is 13.8. The zero-order chi connectivity index (χ0) is 20.4. The third-order valence-electron chi connectivity index (χ3n) is 4.10. The summed E-state index contributed by atoms with van der Waals surface area (Å²) in [6.07, 6.45) is 0. The summed E-state index contributed by atoms with van der Waals surface area (Å²) in [7, 11) is -1.66. The van der Waals surface area contributed by atoms with E-state index in [0.717, 1.165) is 36.7 Å². The first kappa shape index (κ1) is 21.7. The van der Waals surface area contributed by atoms with Crippen LogP contribution >= 0.6 is 23.2 Å². The van der Waals surface area contributed by atoms with Crippen molar-refractivity contribution in [2.24, 2.45) is 5.14 Å². The summed E-state index contributed by atoms with van der Waals surface area (Å²) in [5.74, 6) is -0.755. The molecule has 0 aliphatic carbocycles. The highest BCUT2D eigenvalue weighted by Gasteiger charge is 2.27. The molecule has 1 heterocycles. The molecule has 0 aromatic heterocycles. The van der Waals surface area contributed by atoms with Gasteiger partial charge in [0.25, 0.3) is 5.97 Å². The largest absolute Gasteiger partial charge is 0.481 e. The van der Waals surface area contributed by atoms with Crippen LogP contribution < -0.4 is 5.14 Å². The van der Waals surface area contributed by atoms with E-state index in [0.29, 0.717) is 10.0 Å². The summed E-state index contributed by atoms with van der Waals surface area (Å²) >= 11 is 12.5. The van der Waals surface area contributed by atoms with Crippen molar-refractivity contribution in [3.8, 4) is 0 Å². The number of fused-ring (bicyclic) bond motifs is 1. The van der Waals surface area contributed by atoms with E-state index in [-0.39, 0.29) is 10.8 Å². The molecule has 9 heteroatoms. The Bertz CT molecular complexity index is 943. The lowest BCUT2D eigenvalue weighted by molar-refractivity contribution is -0.134. The van der Waals surface area contributed by atoms with Crippen molar-refractivity contribution in [2.45, 2.75) is 24.3 Å². The van der Waals surface area contributed by atoms with Gasteiger partial charge in [0.15, 0.2) is 0 Å². The van der Waals surface area contributed by atoms with Crippen LogP contribution in [0.25, 0.3) is 0 Å². The molecule has 27 heavy (non-hydrogen) atoms. The standard InChI is InChI=1S/C16H16Cl2N2O2S.C2H4O2/c1-20-8-14(10-2-4-12(5-3-10)23(19,21)22)13-6-11(17)7-16(18)15(13)9-20;1-2(3)4/h2-7,14H,8-9H2,1H3,(H2,19,21,22);1H3,(H,3,4). The second kappa shape index (κ2) is 8.58. The quantitative estimate of drug-likeness (QED) is 0.760. The van der Waals surface area contributed by atoms with Gasteiger partial charge in [-0.3, -0.25) is 4.79 Å². The minimum Gasteiger partial charge on any atom is -0.481 e. The Morgan fingerprint density at radius 3 is 2.30 bits per heavy atom. The van der Waals surface area contributed by atoms with Crippen LogP contribution in [-0.4, -0.2) is 38.0 Å². The van der Waals surface area contributed by atoms with Crippen molar-refractivity contribution in [1.29, 1.82) is 0 Å². The molecule has 2 aromatic carbocycles. The van der Waals surface area contributed by atoms with Gasteiger partial charge in [-0.1, -0.05) is 35.3 Å². The van der Waals surface area contributed by atoms with Gasteiger partial charge >= 0.3 is 0 Å². The second-order valence-electron chi connectivity index (χ2n) is 6.34. The molecule has 6 nitrogen and oxygen atoms in total. The van der Waals surface area contributed by atoms with Crippen molar-refractivity contribution < 1.29 is 18.3 Å². The molecule has 0 radical (unpaired) electrons. The molecule has 2 aromatic rings. The monoisotopic (exact) mass is 430 g/mol. The highest BCUT2D eigenvalue weighted by molar-refractivity contribution is 7.89. The molecule has 1 aliphatic rings. The van der Waals surface area contributed by atoms with Crippen molar-refractivity contribution in [1.82, 2.24) is 4.90 Å². The molecule has 1 atom stereocenters. The normalized spacial score (nSPS) is 16.9. The van der Waals surface area contributed by atoms with Crippen molar-refractivity contribution in [2.75, 3.05) is 13.6 Å². The van der Waals surface area contributed by atoms with Crippen LogP contribution in [0.2, 0.25) is 10.0 Å². The average molecular weight is 431 g/mol. The van der Waals surface area contributed by atoms with Crippen molar-refractivity contribution >= 4 is 39.2 Å². The number of hydrogen-bond acceptors (Lipinski definition) is 4. The Balaban J connectivity index is 0.000000596. The summed E-state index contributed by atoms with van der Waals surface area (Å²) in [6.45, 7) is 2.65. The highest BCUT2D eigenvalue weighted by atomic mass is 35.5. The van der Waals surface area contributed by atoms with Gasteiger partial charge in [0, 0.05) is 36.0 Å². The maximum absolute atomic E-state index is 11.4. The first-order chi connectivity index (χ1) is 12.5. The summed E-state index contributed by atoms with van der Waals surface area (Å²) in [6, 6.07) is 10.3. The number of nitrogens with two attached hydrogens (primary N) is 1. The van der Waals surface area contributed by atoms with Gasteiger partial charge in [0.2, 0.25) is 10.0 Å². The first-order valence-electron chi connectivity index (χ1n) is 7.97. The van der Waals surface area contributed by atoms with Crippen LogP contribution in [0.4, 0.5) is 0 Å². The number of likely N-dealkylation sites (N-methyl/N-ethyl adjacent to an activating group) is 1. The molecule has 0 amide bonds. The van der Waals surface area contributed by atoms with Gasteiger partial charge in [0.1, 0.15) is 0 Å². The number of rotatable bonds is 2. The summed E-state index contributed by atoms with van der Waals surface area (Å²) in [5.41, 5.74) is 3.15. The predicted molar refractivity (Wildman–Crippen MR) is 106 cm³/mol. The van der Waals surface area contributed by atoms with Gasteiger partial charge in [-0.2, -0.15) is 0 Å². The molecule has 0 spiro atoms. The third-order valence-corrected chi connectivity index (χ3v) is 5.59.